The zero-order valence-corrected chi connectivity index (χ0v) is 11.8. The molecule has 0 amide bonds. The summed E-state index contributed by atoms with van der Waals surface area (Å²) in [4.78, 5) is 0. The minimum absolute atomic E-state index is 0.122. The van der Waals surface area contributed by atoms with Gasteiger partial charge in [-0.05, 0) is 38.8 Å². The Balaban J connectivity index is 2.53. The molecule has 1 atom stereocenters. The maximum Gasteiger partial charge on any atom is 0.124 e. The van der Waals surface area contributed by atoms with Gasteiger partial charge in [-0.2, -0.15) is 0 Å². The van der Waals surface area contributed by atoms with Crippen LogP contribution < -0.4 is 15.8 Å². The molecule has 1 rings (SSSR count). The first-order valence-electron chi connectivity index (χ1n) is 7.09. The number of aliphatic hydroxyl groups excluding tert-OH is 1. The Hall–Kier alpha value is -1.10. The molecular weight excluding hydrogens is 240 g/mol. The van der Waals surface area contributed by atoms with E-state index in [1.807, 2.05) is 25.1 Å². The van der Waals surface area contributed by atoms with Crippen LogP contribution in [0.4, 0.5) is 0 Å². The molecule has 0 aliphatic rings. The number of rotatable bonds is 10. The second-order valence-electron chi connectivity index (χ2n) is 4.50. The van der Waals surface area contributed by atoms with Crippen molar-refractivity contribution in [1.29, 1.82) is 0 Å². The summed E-state index contributed by atoms with van der Waals surface area (Å²) in [5.74, 6) is 0.906. The number of hydrogen-bond acceptors (Lipinski definition) is 4. The van der Waals surface area contributed by atoms with E-state index in [2.05, 4.69) is 11.4 Å². The van der Waals surface area contributed by atoms with Crippen LogP contribution in [-0.4, -0.2) is 31.4 Å². The molecule has 4 nitrogen and oxygen atoms in total. The van der Waals surface area contributed by atoms with Crippen LogP contribution in [0.1, 0.15) is 37.8 Å². The van der Waals surface area contributed by atoms with Crippen molar-refractivity contribution in [2.75, 3.05) is 26.3 Å². The van der Waals surface area contributed by atoms with Crippen molar-refractivity contribution < 1.29 is 9.84 Å². The van der Waals surface area contributed by atoms with Gasteiger partial charge < -0.3 is 20.9 Å². The van der Waals surface area contributed by atoms with Gasteiger partial charge in [-0.25, -0.2) is 0 Å². The Kier molecular flexibility index (Phi) is 8.21. The maximum absolute atomic E-state index is 8.74. The van der Waals surface area contributed by atoms with E-state index in [1.54, 1.807) is 0 Å². The van der Waals surface area contributed by atoms with E-state index in [-0.39, 0.29) is 12.6 Å². The second-order valence-corrected chi connectivity index (χ2v) is 4.50. The highest BCUT2D eigenvalue weighted by atomic mass is 16.5. The Morgan fingerprint density at radius 1 is 1.26 bits per heavy atom. The molecule has 1 aromatic rings. The van der Waals surface area contributed by atoms with Gasteiger partial charge in [-0.1, -0.05) is 18.2 Å². The van der Waals surface area contributed by atoms with Crippen molar-refractivity contribution in [1.82, 2.24) is 5.32 Å². The number of nitrogens with two attached hydrogens (primary N) is 1. The number of hydrogen-bond donors (Lipinski definition) is 3. The molecule has 0 saturated heterocycles. The second kappa shape index (κ2) is 9.78. The van der Waals surface area contributed by atoms with Gasteiger partial charge >= 0.3 is 0 Å². The number of para-hydroxylation sites is 1. The van der Waals surface area contributed by atoms with Crippen molar-refractivity contribution in [3.63, 3.8) is 0 Å². The van der Waals surface area contributed by atoms with E-state index in [1.165, 1.54) is 0 Å². The molecule has 0 saturated carbocycles. The van der Waals surface area contributed by atoms with Gasteiger partial charge in [0.2, 0.25) is 0 Å². The molecule has 4 N–H and O–H groups in total. The van der Waals surface area contributed by atoms with Crippen LogP contribution in [0.5, 0.6) is 5.75 Å². The van der Waals surface area contributed by atoms with E-state index in [9.17, 15) is 0 Å². The Morgan fingerprint density at radius 3 is 2.74 bits per heavy atom. The van der Waals surface area contributed by atoms with Crippen molar-refractivity contribution in [2.24, 2.45) is 5.73 Å². The van der Waals surface area contributed by atoms with Gasteiger partial charge in [-0.3, -0.25) is 0 Å². The number of unbranched alkanes of at least 4 members (excludes halogenated alkanes) is 2. The Bertz CT molecular complexity index is 345. The normalized spacial score (nSPS) is 12.4. The van der Waals surface area contributed by atoms with Crippen molar-refractivity contribution in [3.05, 3.63) is 29.8 Å². The predicted molar refractivity (Wildman–Crippen MR) is 78.3 cm³/mol. The van der Waals surface area contributed by atoms with Crippen LogP contribution in [0.3, 0.4) is 0 Å². The highest BCUT2D eigenvalue weighted by molar-refractivity contribution is 5.36. The number of benzene rings is 1. The average Bonchev–Trinajstić information content (AvgIpc) is 2.44. The van der Waals surface area contributed by atoms with Crippen LogP contribution in [0, 0.1) is 0 Å². The first-order valence-corrected chi connectivity index (χ1v) is 7.09. The largest absolute Gasteiger partial charge is 0.494 e. The smallest absolute Gasteiger partial charge is 0.124 e. The minimum Gasteiger partial charge on any atom is -0.494 e. The molecule has 1 unspecified atom stereocenters. The van der Waals surface area contributed by atoms with Crippen LogP contribution in [0.2, 0.25) is 0 Å². The summed E-state index contributed by atoms with van der Waals surface area (Å²) in [7, 11) is 0. The zero-order chi connectivity index (χ0) is 13.9. The van der Waals surface area contributed by atoms with E-state index in [0.29, 0.717) is 13.2 Å². The molecule has 0 aliphatic heterocycles. The third-order valence-electron chi connectivity index (χ3n) is 3.06. The molecule has 108 valence electrons. The standard InChI is InChI=1S/C15H26N2O2/c1-2-19-15-9-5-4-8-13(15)14(12-16)17-10-6-3-7-11-18/h4-5,8-9,14,17-18H,2-3,6-7,10-12,16H2,1H3. The van der Waals surface area contributed by atoms with E-state index >= 15 is 0 Å². The Labute approximate surface area is 116 Å². The third kappa shape index (κ3) is 5.59. The van der Waals surface area contributed by atoms with Gasteiger partial charge in [0.05, 0.1) is 6.61 Å². The first-order chi connectivity index (χ1) is 9.33. The molecular formula is C15H26N2O2. The molecule has 0 spiro atoms. The fourth-order valence-electron chi connectivity index (χ4n) is 2.07. The average molecular weight is 266 g/mol. The minimum atomic E-state index is 0.122. The van der Waals surface area contributed by atoms with Crippen molar-refractivity contribution >= 4 is 0 Å². The van der Waals surface area contributed by atoms with Crippen molar-refractivity contribution in [3.8, 4) is 5.75 Å². The summed E-state index contributed by atoms with van der Waals surface area (Å²) in [6, 6.07) is 8.15. The first kappa shape index (κ1) is 16.0. The summed E-state index contributed by atoms with van der Waals surface area (Å²) in [5, 5.41) is 12.2. The molecule has 0 heterocycles. The summed E-state index contributed by atoms with van der Waals surface area (Å²) >= 11 is 0. The lowest BCUT2D eigenvalue weighted by molar-refractivity contribution is 0.282. The summed E-state index contributed by atoms with van der Waals surface area (Å²) < 4.78 is 5.64. The molecule has 1 aromatic carbocycles. The molecule has 4 heteroatoms. The lowest BCUT2D eigenvalue weighted by Crippen LogP contribution is -2.29. The van der Waals surface area contributed by atoms with Crippen LogP contribution in [0.25, 0.3) is 0 Å². The van der Waals surface area contributed by atoms with E-state index in [4.69, 9.17) is 15.6 Å². The quantitative estimate of drug-likeness (QED) is 0.565. The van der Waals surface area contributed by atoms with Crippen LogP contribution in [-0.2, 0) is 0 Å². The molecule has 0 radical (unpaired) electrons. The molecule has 19 heavy (non-hydrogen) atoms. The Morgan fingerprint density at radius 2 is 2.05 bits per heavy atom. The van der Waals surface area contributed by atoms with Gasteiger partial charge in [0.15, 0.2) is 0 Å². The van der Waals surface area contributed by atoms with Gasteiger partial charge in [0, 0.05) is 24.8 Å². The van der Waals surface area contributed by atoms with Crippen molar-refractivity contribution in [2.45, 2.75) is 32.2 Å². The summed E-state index contributed by atoms with van der Waals surface area (Å²) in [6.45, 7) is 4.36. The predicted octanol–water partition coefficient (Wildman–Crippen LogP) is 1.84. The number of ether oxygens (including phenoxy) is 1. The molecule has 0 fully saturated rings. The van der Waals surface area contributed by atoms with Gasteiger partial charge in [0.1, 0.15) is 5.75 Å². The zero-order valence-electron chi connectivity index (χ0n) is 11.8. The molecule has 0 aliphatic carbocycles. The summed E-state index contributed by atoms with van der Waals surface area (Å²) in [5.41, 5.74) is 6.97. The topological polar surface area (TPSA) is 67.5 Å². The third-order valence-corrected chi connectivity index (χ3v) is 3.06. The monoisotopic (exact) mass is 266 g/mol. The SMILES string of the molecule is CCOc1ccccc1C(CN)NCCCCCO. The summed E-state index contributed by atoms with van der Waals surface area (Å²) in [6.07, 6.45) is 2.95. The van der Waals surface area contributed by atoms with Gasteiger partial charge in [-0.15, -0.1) is 0 Å². The lowest BCUT2D eigenvalue weighted by atomic mass is 10.1. The van der Waals surface area contributed by atoms with E-state index < -0.39 is 0 Å². The highest BCUT2D eigenvalue weighted by Gasteiger charge is 2.13. The van der Waals surface area contributed by atoms with E-state index in [0.717, 1.165) is 37.1 Å². The fourth-order valence-corrected chi connectivity index (χ4v) is 2.07. The molecule has 0 aromatic heterocycles. The maximum atomic E-state index is 8.74. The highest BCUT2D eigenvalue weighted by Crippen LogP contribution is 2.24. The fraction of sp³-hybridized carbons (Fsp3) is 0.600. The number of aliphatic hydroxyl groups is 1. The lowest BCUT2D eigenvalue weighted by Gasteiger charge is -2.20. The number of nitrogens with one attached hydrogen (secondary N) is 1. The van der Waals surface area contributed by atoms with Crippen LogP contribution >= 0.6 is 0 Å². The van der Waals surface area contributed by atoms with Crippen LogP contribution in [0.15, 0.2) is 24.3 Å². The molecule has 0 bridgehead atoms. The van der Waals surface area contributed by atoms with Gasteiger partial charge in [0.25, 0.3) is 0 Å².